The van der Waals surface area contributed by atoms with Crippen LogP contribution in [0, 0.1) is 0 Å². The predicted octanol–water partition coefficient (Wildman–Crippen LogP) is 0.102. The van der Waals surface area contributed by atoms with Crippen molar-refractivity contribution < 1.29 is 14.7 Å². The molecule has 0 amide bonds. The molecule has 1 N–H and O–H groups in total. The zero-order valence-electron chi connectivity index (χ0n) is 7.59. The fraction of sp³-hybridized carbons (Fsp3) is 0.500. The topological polar surface area (TPSA) is 85.1 Å². The van der Waals surface area contributed by atoms with Gasteiger partial charge in [0, 0.05) is 13.0 Å². The Kier molecular flexibility index (Phi) is 3.78. The van der Waals surface area contributed by atoms with Gasteiger partial charge in [0.1, 0.15) is 24.9 Å². The molecule has 0 fully saturated rings. The fourth-order valence-electron chi connectivity index (χ4n) is 1.04. The summed E-state index contributed by atoms with van der Waals surface area (Å²) >= 11 is 0. The zero-order chi connectivity index (χ0) is 10.4. The quantitative estimate of drug-likeness (QED) is 0.654. The van der Waals surface area contributed by atoms with Crippen LogP contribution in [-0.2, 0) is 16.1 Å². The number of ketones is 1. The van der Waals surface area contributed by atoms with Gasteiger partial charge < -0.3 is 5.11 Å². The summed E-state index contributed by atoms with van der Waals surface area (Å²) in [7, 11) is 0. The molecule has 6 nitrogen and oxygen atoms in total. The Morgan fingerprint density at radius 1 is 1.43 bits per heavy atom. The largest absolute Gasteiger partial charge is 0.481 e. The molecular weight excluding hydrogens is 186 g/mol. The van der Waals surface area contributed by atoms with Crippen LogP contribution in [0.1, 0.15) is 19.3 Å². The third-order valence-electron chi connectivity index (χ3n) is 1.66. The highest BCUT2D eigenvalue weighted by Gasteiger charge is 2.06. The summed E-state index contributed by atoms with van der Waals surface area (Å²) in [6, 6.07) is 0. The molecule has 6 heteroatoms. The maximum atomic E-state index is 11.0. The normalized spacial score (nSPS) is 10.0. The molecule has 76 valence electrons. The van der Waals surface area contributed by atoms with Crippen molar-refractivity contribution >= 4 is 11.8 Å². The molecular formula is C8H11N3O3. The molecule has 0 aliphatic rings. The van der Waals surface area contributed by atoms with Crippen molar-refractivity contribution in [3.63, 3.8) is 0 Å². The first-order chi connectivity index (χ1) is 6.68. The molecule has 1 heterocycles. The Labute approximate surface area is 80.6 Å². The monoisotopic (exact) mass is 197 g/mol. The van der Waals surface area contributed by atoms with Gasteiger partial charge in [0.25, 0.3) is 0 Å². The third-order valence-corrected chi connectivity index (χ3v) is 1.66. The van der Waals surface area contributed by atoms with Gasteiger partial charge in [0.2, 0.25) is 0 Å². The van der Waals surface area contributed by atoms with E-state index >= 15 is 0 Å². The number of nitrogens with zero attached hydrogens (tertiary/aromatic N) is 3. The van der Waals surface area contributed by atoms with E-state index in [9.17, 15) is 9.59 Å². The van der Waals surface area contributed by atoms with Gasteiger partial charge in [0.15, 0.2) is 0 Å². The standard InChI is InChI=1S/C8H11N3O3/c12-7(4-8(13)14)2-1-3-11-6-9-5-10-11/h5-6H,1-4H2,(H,13,14). The van der Waals surface area contributed by atoms with Crippen LogP contribution in [0.25, 0.3) is 0 Å². The molecule has 0 aliphatic heterocycles. The van der Waals surface area contributed by atoms with Crippen molar-refractivity contribution in [3.8, 4) is 0 Å². The highest BCUT2D eigenvalue weighted by atomic mass is 16.4. The Morgan fingerprint density at radius 2 is 2.21 bits per heavy atom. The van der Waals surface area contributed by atoms with E-state index < -0.39 is 12.4 Å². The van der Waals surface area contributed by atoms with Crippen molar-refractivity contribution in [1.82, 2.24) is 14.8 Å². The van der Waals surface area contributed by atoms with Crippen LogP contribution in [0.15, 0.2) is 12.7 Å². The van der Waals surface area contributed by atoms with Crippen LogP contribution in [0.4, 0.5) is 0 Å². The van der Waals surface area contributed by atoms with Crippen LogP contribution in [0.5, 0.6) is 0 Å². The number of carboxylic acid groups (broad SMARTS) is 1. The van der Waals surface area contributed by atoms with Gasteiger partial charge in [-0.2, -0.15) is 5.10 Å². The average Bonchev–Trinajstić information content (AvgIpc) is 2.55. The lowest BCUT2D eigenvalue weighted by molar-refractivity contribution is -0.140. The number of aryl methyl sites for hydroxylation is 1. The first-order valence-electron chi connectivity index (χ1n) is 4.24. The van der Waals surface area contributed by atoms with Crippen LogP contribution in [-0.4, -0.2) is 31.6 Å². The minimum atomic E-state index is -1.07. The average molecular weight is 197 g/mol. The molecule has 0 saturated carbocycles. The summed E-state index contributed by atoms with van der Waals surface area (Å²) in [5.74, 6) is -1.33. The summed E-state index contributed by atoms with van der Waals surface area (Å²) in [5.41, 5.74) is 0. The molecule has 1 aromatic rings. The molecule has 0 radical (unpaired) electrons. The van der Waals surface area contributed by atoms with Crippen molar-refractivity contribution in [2.45, 2.75) is 25.8 Å². The van der Waals surface area contributed by atoms with E-state index in [1.807, 2.05) is 0 Å². The summed E-state index contributed by atoms with van der Waals surface area (Å²) in [6.45, 7) is 0.589. The van der Waals surface area contributed by atoms with Gasteiger partial charge in [-0.15, -0.1) is 0 Å². The molecule has 0 spiro atoms. The summed E-state index contributed by atoms with van der Waals surface area (Å²) in [5, 5.41) is 12.2. The van der Waals surface area contributed by atoms with E-state index in [-0.39, 0.29) is 12.2 Å². The highest BCUT2D eigenvalue weighted by Crippen LogP contribution is 1.97. The zero-order valence-corrected chi connectivity index (χ0v) is 7.59. The lowest BCUT2D eigenvalue weighted by Crippen LogP contribution is -2.08. The van der Waals surface area contributed by atoms with Gasteiger partial charge in [-0.25, -0.2) is 4.98 Å². The van der Waals surface area contributed by atoms with Crippen LogP contribution in [0.3, 0.4) is 0 Å². The van der Waals surface area contributed by atoms with Gasteiger partial charge in [-0.3, -0.25) is 14.3 Å². The van der Waals surface area contributed by atoms with Gasteiger partial charge in [-0.1, -0.05) is 0 Å². The number of carboxylic acids is 1. The van der Waals surface area contributed by atoms with Crippen LogP contribution < -0.4 is 0 Å². The minimum Gasteiger partial charge on any atom is -0.481 e. The van der Waals surface area contributed by atoms with Crippen molar-refractivity contribution in [3.05, 3.63) is 12.7 Å². The molecule has 0 saturated heterocycles. The van der Waals surface area contributed by atoms with E-state index in [1.165, 1.54) is 6.33 Å². The smallest absolute Gasteiger partial charge is 0.310 e. The molecule has 1 aromatic heterocycles. The van der Waals surface area contributed by atoms with Crippen molar-refractivity contribution in [2.24, 2.45) is 0 Å². The second-order valence-corrected chi connectivity index (χ2v) is 2.87. The first-order valence-corrected chi connectivity index (χ1v) is 4.24. The van der Waals surface area contributed by atoms with E-state index in [1.54, 1.807) is 11.0 Å². The third kappa shape index (κ3) is 3.79. The van der Waals surface area contributed by atoms with E-state index in [2.05, 4.69) is 10.1 Å². The van der Waals surface area contributed by atoms with Gasteiger partial charge in [-0.05, 0) is 6.42 Å². The predicted molar refractivity (Wildman–Crippen MR) is 46.5 cm³/mol. The summed E-state index contributed by atoms with van der Waals surface area (Å²) in [6.07, 6.45) is 3.44. The Balaban J connectivity index is 2.15. The summed E-state index contributed by atoms with van der Waals surface area (Å²) < 4.78 is 1.61. The molecule has 0 atom stereocenters. The number of hydrogen-bond donors (Lipinski definition) is 1. The number of aromatic nitrogens is 3. The number of aliphatic carboxylic acids is 1. The van der Waals surface area contributed by atoms with Crippen molar-refractivity contribution in [2.75, 3.05) is 0 Å². The number of rotatable bonds is 6. The van der Waals surface area contributed by atoms with Crippen LogP contribution in [0.2, 0.25) is 0 Å². The van der Waals surface area contributed by atoms with Gasteiger partial charge in [0.05, 0.1) is 0 Å². The Hall–Kier alpha value is -1.72. The highest BCUT2D eigenvalue weighted by molar-refractivity contribution is 5.94. The van der Waals surface area contributed by atoms with Crippen LogP contribution >= 0.6 is 0 Å². The van der Waals surface area contributed by atoms with Gasteiger partial charge >= 0.3 is 5.97 Å². The lowest BCUT2D eigenvalue weighted by atomic mass is 10.2. The fourth-order valence-corrected chi connectivity index (χ4v) is 1.04. The molecule has 0 unspecified atom stereocenters. The number of hydrogen-bond acceptors (Lipinski definition) is 4. The molecule has 0 aromatic carbocycles. The number of carbonyl (C=O) groups is 2. The van der Waals surface area contributed by atoms with E-state index in [0.29, 0.717) is 13.0 Å². The van der Waals surface area contributed by atoms with E-state index in [0.717, 1.165) is 0 Å². The number of Topliss-reactive ketones (excluding diaryl/α,β-unsaturated/α-hetero) is 1. The molecule has 0 aliphatic carbocycles. The Bertz CT molecular complexity index is 308. The Morgan fingerprint density at radius 3 is 2.79 bits per heavy atom. The number of carbonyl (C=O) groups excluding carboxylic acids is 1. The molecule has 1 rings (SSSR count). The lowest BCUT2D eigenvalue weighted by Gasteiger charge is -1.98. The molecule has 0 bridgehead atoms. The summed E-state index contributed by atoms with van der Waals surface area (Å²) in [4.78, 5) is 24.9. The second-order valence-electron chi connectivity index (χ2n) is 2.87. The first kappa shape index (κ1) is 10.4. The second kappa shape index (κ2) is 5.11. The van der Waals surface area contributed by atoms with E-state index in [4.69, 9.17) is 5.11 Å². The maximum Gasteiger partial charge on any atom is 0.310 e. The SMILES string of the molecule is O=C(O)CC(=O)CCCn1cncn1. The maximum absolute atomic E-state index is 11.0. The minimum absolute atomic E-state index is 0.252. The van der Waals surface area contributed by atoms with Crippen molar-refractivity contribution in [1.29, 1.82) is 0 Å². The molecule has 14 heavy (non-hydrogen) atoms.